The van der Waals surface area contributed by atoms with Crippen molar-refractivity contribution in [1.29, 1.82) is 0 Å². The quantitative estimate of drug-likeness (QED) is 0.427. The molecule has 0 unspecified atom stereocenters. The number of hydrogen-bond acceptors (Lipinski definition) is 3. The number of halogens is 4. The maximum absolute atomic E-state index is 11.6. The van der Waals surface area contributed by atoms with Crippen molar-refractivity contribution in [1.82, 2.24) is 4.98 Å². The fourth-order valence-electron chi connectivity index (χ4n) is 1.58. The highest BCUT2D eigenvalue weighted by molar-refractivity contribution is 6.48. The number of ether oxygens (including phenoxy) is 1. The third-order valence-electron chi connectivity index (χ3n) is 2.49. The number of rotatable bonds is 2. The average molecular weight is 351 g/mol. The van der Waals surface area contributed by atoms with Crippen molar-refractivity contribution in [2.75, 3.05) is 7.11 Å². The molecule has 104 valence electrons. The van der Waals surface area contributed by atoms with Crippen molar-refractivity contribution in [3.05, 3.63) is 50.0 Å². The lowest BCUT2D eigenvalue weighted by atomic mass is 10.1. The number of benzene rings is 1. The highest BCUT2D eigenvalue weighted by atomic mass is 35.5. The number of methoxy groups -OCH3 is 1. The minimum Gasteiger partial charge on any atom is -0.465 e. The highest BCUT2D eigenvalue weighted by Crippen LogP contribution is 2.35. The van der Waals surface area contributed by atoms with Gasteiger partial charge in [0.2, 0.25) is 0 Å². The lowest BCUT2D eigenvalue weighted by Gasteiger charge is -2.07. The van der Waals surface area contributed by atoms with Gasteiger partial charge in [-0.1, -0.05) is 46.4 Å². The second-order valence-corrected chi connectivity index (χ2v) is 5.39. The van der Waals surface area contributed by atoms with Crippen LogP contribution in [0.25, 0.3) is 11.3 Å². The summed E-state index contributed by atoms with van der Waals surface area (Å²) in [6, 6.07) is 6.13. The Morgan fingerprint density at radius 3 is 2.20 bits per heavy atom. The van der Waals surface area contributed by atoms with Crippen molar-refractivity contribution in [3.63, 3.8) is 0 Å². The SMILES string of the molecule is COC(=O)c1cc(Cl)nc(-c2cc(Cl)c(Cl)c(Cl)c2)c1. The molecule has 0 aliphatic rings. The standard InChI is InChI=1S/C13H7Cl4NO2/c1-20-13(19)7-4-10(18-11(16)5-7)6-2-8(14)12(17)9(15)3-6/h2-5H,1H3. The molecule has 0 amide bonds. The number of pyridine rings is 1. The topological polar surface area (TPSA) is 39.2 Å². The van der Waals surface area contributed by atoms with Gasteiger partial charge in [-0.05, 0) is 24.3 Å². The summed E-state index contributed by atoms with van der Waals surface area (Å²) in [6.45, 7) is 0. The first-order chi connectivity index (χ1) is 9.42. The Morgan fingerprint density at radius 2 is 1.65 bits per heavy atom. The number of nitrogens with zero attached hydrogens (tertiary/aromatic N) is 1. The van der Waals surface area contributed by atoms with Gasteiger partial charge in [-0.3, -0.25) is 0 Å². The number of esters is 1. The highest BCUT2D eigenvalue weighted by Gasteiger charge is 2.13. The summed E-state index contributed by atoms with van der Waals surface area (Å²) >= 11 is 23.7. The van der Waals surface area contributed by atoms with Gasteiger partial charge in [-0.25, -0.2) is 9.78 Å². The summed E-state index contributed by atoms with van der Waals surface area (Å²) in [5, 5.41) is 0.989. The summed E-state index contributed by atoms with van der Waals surface area (Å²) < 4.78 is 4.65. The van der Waals surface area contributed by atoms with Crippen LogP contribution < -0.4 is 0 Å². The molecule has 0 N–H and O–H groups in total. The van der Waals surface area contributed by atoms with Crippen LogP contribution in [0.15, 0.2) is 24.3 Å². The fourth-order valence-corrected chi connectivity index (χ4v) is 2.39. The third-order valence-corrected chi connectivity index (χ3v) is 3.89. The van der Waals surface area contributed by atoms with Crippen molar-refractivity contribution >= 4 is 52.4 Å². The van der Waals surface area contributed by atoms with Crippen LogP contribution >= 0.6 is 46.4 Å². The van der Waals surface area contributed by atoms with E-state index in [1.54, 1.807) is 12.1 Å². The van der Waals surface area contributed by atoms with Gasteiger partial charge in [-0.2, -0.15) is 0 Å². The van der Waals surface area contributed by atoms with E-state index in [2.05, 4.69) is 9.72 Å². The number of hydrogen-bond donors (Lipinski definition) is 0. The second kappa shape index (κ2) is 6.19. The van der Waals surface area contributed by atoms with Crippen LogP contribution in [0.3, 0.4) is 0 Å². The van der Waals surface area contributed by atoms with Gasteiger partial charge in [0, 0.05) is 5.56 Å². The largest absolute Gasteiger partial charge is 0.465 e. The maximum atomic E-state index is 11.6. The van der Waals surface area contributed by atoms with Crippen LogP contribution in [-0.2, 0) is 4.74 Å². The van der Waals surface area contributed by atoms with Crippen LogP contribution in [0.2, 0.25) is 20.2 Å². The molecule has 1 aromatic heterocycles. The molecule has 0 aliphatic heterocycles. The molecule has 20 heavy (non-hydrogen) atoms. The Balaban J connectivity index is 2.58. The minimum absolute atomic E-state index is 0.157. The Kier molecular flexibility index (Phi) is 4.76. The van der Waals surface area contributed by atoms with E-state index >= 15 is 0 Å². The summed E-state index contributed by atoms with van der Waals surface area (Å²) in [5.74, 6) is -0.512. The zero-order valence-electron chi connectivity index (χ0n) is 10.1. The Bertz CT molecular complexity index is 665. The average Bonchev–Trinajstić information content (AvgIpc) is 2.42. The van der Waals surface area contributed by atoms with E-state index in [1.807, 2.05) is 0 Å². The maximum Gasteiger partial charge on any atom is 0.338 e. The summed E-state index contributed by atoms with van der Waals surface area (Å²) in [5.41, 5.74) is 1.32. The molecule has 0 bridgehead atoms. The molecule has 0 saturated heterocycles. The van der Waals surface area contributed by atoms with E-state index in [9.17, 15) is 4.79 Å². The molecule has 0 spiro atoms. The Hall–Kier alpha value is -1.000. The van der Waals surface area contributed by atoms with Crippen molar-refractivity contribution < 1.29 is 9.53 Å². The lowest BCUT2D eigenvalue weighted by Crippen LogP contribution is -2.02. The van der Waals surface area contributed by atoms with Crippen molar-refractivity contribution in [2.24, 2.45) is 0 Å². The molecule has 0 fully saturated rings. The summed E-state index contributed by atoms with van der Waals surface area (Å²) in [6.07, 6.45) is 0. The molecule has 0 aliphatic carbocycles. The Morgan fingerprint density at radius 1 is 1.05 bits per heavy atom. The molecule has 7 heteroatoms. The molecule has 1 aromatic carbocycles. The van der Waals surface area contributed by atoms with Gasteiger partial charge in [0.05, 0.1) is 33.4 Å². The molecule has 0 radical (unpaired) electrons. The van der Waals surface area contributed by atoms with Gasteiger partial charge in [0.15, 0.2) is 0 Å². The van der Waals surface area contributed by atoms with E-state index in [0.717, 1.165) is 0 Å². The van der Waals surface area contributed by atoms with Crippen molar-refractivity contribution in [3.8, 4) is 11.3 Å². The first kappa shape index (κ1) is 15.4. The molecule has 3 nitrogen and oxygen atoms in total. The van der Waals surface area contributed by atoms with Gasteiger partial charge in [0.25, 0.3) is 0 Å². The predicted molar refractivity (Wildman–Crippen MR) is 81.1 cm³/mol. The van der Waals surface area contributed by atoms with Crippen LogP contribution in [0.5, 0.6) is 0 Å². The lowest BCUT2D eigenvalue weighted by molar-refractivity contribution is 0.0600. The zero-order valence-corrected chi connectivity index (χ0v) is 13.1. The van der Waals surface area contributed by atoms with Gasteiger partial charge < -0.3 is 4.74 Å². The van der Waals surface area contributed by atoms with Crippen LogP contribution in [0.4, 0.5) is 0 Å². The first-order valence-electron chi connectivity index (χ1n) is 5.33. The predicted octanol–water partition coefficient (Wildman–Crippen LogP) is 5.15. The van der Waals surface area contributed by atoms with Crippen LogP contribution in [0.1, 0.15) is 10.4 Å². The molecular formula is C13H7Cl4NO2. The van der Waals surface area contributed by atoms with Crippen LogP contribution in [-0.4, -0.2) is 18.1 Å². The van der Waals surface area contributed by atoms with Gasteiger partial charge in [0.1, 0.15) is 5.15 Å². The molecule has 0 saturated carbocycles. The Labute approximate surface area is 135 Å². The molecular weight excluding hydrogens is 344 g/mol. The summed E-state index contributed by atoms with van der Waals surface area (Å²) in [7, 11) is 1.28. The van der Waals surface area contributed by atoms with E-state index in [4.69, 9.17) is 46.4 Å². The molecule has 1 heterocycles. The second-order valence-electron chi connectivity index (χ2n) is 3.81. The van der Waals surface area contributed by atoms with E-state index in [-0.39, 0.29) is 25.8 Å². The van der Waals surface area contributed by atoms with E-state index in [0.29, 0.717) is 11.3 Å². The molecule has 2 rings (SSSR count). The first-order valence-corrected chi connectivity index (χ1v) is 6.84. The third kappa shape index (κ3) is 3.18. The molecule has 2 aromatic rings. The number of carbonyl (C=O) groups excluding carboxylic acids is 1. The van der Waals surface area contributed by atoms with Crippen molar-refractivity contribution in [2.45, 2.75) is 0 Å². The number of carbonyl (C=O) groups is 1. The van der Waals surface area contributed by atoms with Gasteiger partial charge in [-0.15, -0.1) is 0 Å². The van der Waals surface area contributed by atoms with Gasteiger partial charge >= 0.3 is 5.97 Å². The fraction of sp³-hybridized carbons (Fsp3) is 0.0769. The van der Waals surface area contributed by atoms with E-state index < -0.39 is 5.97 Å². The zero-order chi connectivity index (χ0) is 14.9. The summed E-state index contributed by atoms with van der Waals surface area (Å²) in [4.78, 5) is 15.7. The van der Waals surface area contributed by atoms with E-state index in [1.165, 1.54) is 19.2 Å². The van der Waals surface area contributed by atoms with Crippen LogP contribution in [0, 0.1) is 0 Å². The number of aromatic nitrogens is 1. The smallest absolute Gasteiger partial charge is 0.338 e. The normalized spacial score (nSPS) is 10.4. The molecule has 0 atom stereocenters. The minimum atomic E-state index is -0.512. The monoisotopic (exact) mass is 349 g/mol.